The number of aromatic nitrogens is 2. The van der Waals surface area contributed by atoms with Crippen LogP contribution in [0.2, 0.25) is 0 Å². The zero-order valence-corrected chi connectivity index (χ0v) is 16.1. The lowest BCUT2D eigenvalue weighted by Gasteiger charge is -2.23. The van der Waals surface area contributed by atoms with Gasteiger partial charge in [-0.3, -0.25) is 13.9 Å². The highest BCUT2D eigenvalue weighted by Crippen LogP contribution is 2.22. The topological polar surface area (TPSA) is 59.3 Å². The predicted molar refractivity (Wildman–Crippen MR) is 106 cm³/mol. The number of nitrogens with one attached hydrogen (secondary N) is 1. The molecule has 2 aromatic heterocycles. The van der Waals surface area contributed by atoms with Gasteiger partial charge in [-0.25, -0.2) is 4.79 Å². The summed E-state index contributed by atoms with van der Waals surface area (Å²) < 4.78 is 3.28. The van der Waals surface area contributed by atoms with Crippen LogP contribution in [0.15, 0.2) is 46.6 Å². The number of nitrogens with zero attached hydrogens (tertiary/aromatic N) is 3. The van der Waals surface area contributed by atoms with Crippen LogP contribution in [0.3, 0.4) is 0 Å². The van der Waals surface area contributed by atoms with Crippen LogP contribution in [0, 0.1) is 0 Å². The Kier molecular flexibility index (Phi) is 5.58. The summed E-state index contributed by atoms with van der Waals surface area (Å²) in [7, 11) is 5.77. The van der Waals surface area contributed by atoms with Crippen LogP contribution in [0.4, 0.5) is 0 Å². The van der Waals surface area contributed by atoms with E-state index in [1.54, 1.807) is 27.5 Å². The zero-order chi connectivity index (χ0) is 18.7. The summed E-state index contributed by atoms with van der Waals surface area (Å²) in [5.41, 5.74) is 1.64. The Morgan fingerprint density at radius 3 is 2.58 bits per heavy atom. The smallest absolute Gasteiger partial charge is 0.328 e. The van der Waals surface area contributed by atoms with Gasteiger partial charge in [0, 0.05) is 31.4 Å². The van der Waals surface area contributed by atoms with E-state index in [2.05, 4.69) is 16.3 Å². The van der Waals surface area contributed by atoms with Gasteiger partial charge in [-0.1, -0.05) is 18.2 Å². The molecule has 0 saturated heterocycles. The number of likely N-dealkylation sites (N-methyl/N-ethyl adjacent to an activating group) is 1. The summed E-state index contributed by atoms with van der Waals surface area (Å²) in [6.07, 6.45) is 0.276. The first-order chi connectivity index (χ1) is 12.5. The average molecular weight is 372 g/mol. The number of aryl methyl sites for hydroxylation is 2. The fraction of sp³-hybridized carbons (Fsp3) is 0.368. The molecule has 26 heavy (non-hydrogen) atoms. The molecule has 0 aliphatic rings. The molecule has 3 rings (SSSR count). The standard InChI is InChI=1S/C19H24N4O2S/c1-21(2)16(17-9-6-12-26-17)13-20-18(24)10-11-23-15-8-5-4-7-14(15)22(3)19(23)25/h4-9,12,16H,10-11,13H2,1-3H3,(H,20,24). The van der Waals surface area contributed by atoms with Gasteiger partial charge >= 0.3 is 5.69 Å². The van der Waals surface area contributed by atoms with Gasteiger partial charge in [-0.05, 0) is 37.7 Å². The van der Waals surface area contributed by atoms with Crippen molar-refractivity contribution in [2.24, 2.45) is 7.05 Å². The molecule has 0 radical (unpaired) electrons. The van der Waals surface area contributed by atoms with Crippen LogP contribution in [0.5, 0.6) is 0 Å². The summed E-state index contributed by atoms with van der Waals surface area (Å²) in [5.74, 6) is -0.0479. The average Bonchev–Trinajstić information content (AvgIpc) is 3.22. The third-order valence-corrected chi connectivity index (χ3v) is 5.58. The number of para-hydroxylation sites is 2. The highest BCUT2D eigenvalue weighted by atomic mass is 32.1. The van der Waals surface area contributed by atoms with Crippen LogP contribution in [-0.4, -0.2) is 40.6 Å². The number of fused-ring (bicyclic) bond motifs is 1. The summed E-state index contributed by atoms with van der Waals surface area (Å²) in [6.45, 7) is 0.925. The number of benzene rings is 1. The van der Waals surface area contributed by atoms with E-state index in [-0.39, 0.29) is 24.1 Å². The normalized spacial score (nSPS) is 12.6. The second-order valence-electron chi connectivity index (χ2n) is 6.53. The molecule has 3 aromatic rings. The molecule has 138 valence electrons. The monoisotopic (exact) mass is 372 g/mol. The number of hydrogen-bond donors (Lipinski definition) is 1. The first-order valence-corrected chi connectivity index (χ1v) is 9.47. The summed E-state index contributed by atoms with van der Waals surface area (Å²) >= 11 is 1.69. The van der Waals surface area contributed by atoms with Crippen molar-refractivity contribution < 1.29 is 4.79 Å². The van der Waals surface area contributed by atoms with Crippen LogP contribution < -0.4 is 11.0 Å². The predicted octanol–water partition coefficient (Wildman–Crippen LogP) is 2.21. The minimum Gasteiger partial charge on any atom is -0.354 e. The number of thiophene rings is 1. The largest absolute Gasteiger partial charge is 0.354 e. The maximum absolute atomic E-state index is 12.4. The van der Waals surface area contributed by atoms with Crippen molar-refractivity contribution in [1.82, 2.24) is 19.4 Å². The molecule has 7 heteroatoms. The fourth-order valence-corrected chi connectivity index (χ4v) is 4.03. The minimum absolute atomic E-state index is 0.0479. The Morgan fingerprint density at radius 2 is 1.92 bits per heavy atom. The molecule has 0 aliphatic carbocycles. The number of hydrogen-bond acceptors (Lipinski definition) is 4. The van der Waals surface area contributed by atoms with Crippen LogP contribution in [0.25, 0.3) is 11.0 Å². The summed E-state index contributed by atoms with van der Waals surface area (Å²) in [6, 6.07) is 11.9. The van der Waals surface area contributed by atoms with Gasteiger partial charge < -0.3 is 10.2 Å². The SMILES string of the molecule is CN(C)C(CNC(=O)CCn1c(=O)n(C)c2ccccc21)c1cccs1. The minimum atomic E-state index is -0.0937. The quantitative estimate of drug-likeness (QED) is 0.692. The van der Waals surface area contributed by atoms with Crippen molar-refractivity contribution in [2.75, 3.05) is 20.6 Å². The van der Waals surface area contributed by atoms with E-state index < -0.39 is 0 Å². The van der Waals surface area contributed by atoms with Crippen molar-refractivity contribution >= 4 is 28.3 Å². The van der Waals surface area contributed by atoms with Gasteiger partial charge in [-0.15, -0.1) is 11.3 Å². The van der Waals surface area contributed by atoms with E-state index in [0.717, 1.165) is 11.0 Å². The fourth-order valence-electron chi connectivity index (χ4n) is 3.11. The van der Waals surface area contributed by atoms with E-state index in [9.17, 15) is 9.59 Å². The summed E-state index contributed by atoms with van der Waals surface area (Å²) in [4.78, 5) is 28.0. The number of amides is 1. The lowest BCUT2D eigenvalue weighted by atomic mass is 10.2. The van der Waals surface area contributed by atoms with E-state index in [4.69, 9.17) is 0 Å². The Balaban J connectivity index is 1.63. The molecule has 1 amide bonds. The van der Waals surface area contributed by atoms with Crippen molar-refractivity contribution in [3.05, 3.63) is 57.1 Å². The van der Waals surface area contributed by atoms with Crippen LogP contribution in [0.1, 0.15) is 17.3 Å². The van der Waals surface area contributed by atoms with Gasteiger partial charge in [0.15, 0.2) is 0 Å². The highest BCUT2D eigenvalue weighted by molar-refractivity contribution is 7.10. The first kappa shape index (κ1) is 18.4. The summed E-state index contributed by atoms with van der Waals surface area (Å²) in [5, 5.41) is 5.04. The molecule has 0 bridgehead atoms. The van der Waals surface area contributed by atoms with Gasteiger partial charge in [0.05, 0.1) is 17.1 Å². The Hall–Kier alpha value is -2.38. The van der Waals surface area contributed by atoms with Crippen molar-refractivity contribution in [2.45, 2.75) is 19.0 Å². The number of carbonyl (C=O) groups is 1. The molecule has 1 N–H and O–H groups in total. The second-order valence-corrected chi connectivity index (χ2v) is 7.51. The van der Waals surface area contributed by atoms with E-state index in [0.29, 0.717) is 13.1 Å². The molecule has 0 fully saturated rings. The molecule has 1 unspecified atom stereocenters. The molecule has 6 nitrogen and oxygen atoms in total. The maximum Gasteiger partial charge on any atom is 0.328 e. The van der Waals surface area contributed by atoms with E-state index in [1.165, 1.54) is 4.88 Å². The Labute approximate surface area is 156 Å². The first-order valence-electron chi connectivity index (χ1n) is 8.60. The van der Waals surface area contributed by atoms with Crippen molar-refractivity contribution in [3.63, 3.8) is 0 Å². The third kappa shape index (κ3) is 3.73. The van der Waals surface area contributed by atoms with Gasteiger partial charge in [0.1, 0.15) is 0 Å². The van der Waals surface area contributed by atoms with Crippen molar-refractivity contribution in [1.29, 1.82) is 0 Å². The molecular formula is C19H24N4O2S. The van der Waals surface area contributed by atoms with E-state index in [1.807, 2.05) is 49.8 Å². The van der Waals surface area contributed by atoms with Crippen LogP contribution >= 0.6 is 11.3 Å². The second kappa shape index (κ2) is 7.88. The van der Waals surface area contributed by atoms with Gasteiger partial charge in [0.2, 0.25) is 5.91 Å². The highest BCUT2D eigenvalue weighted by Gasteiger charge is 2.17. The number of carbonyl (C=O) groups excluding carboxylic acids is 1. The molecule has 2 heterocycles. The van der Waals surface area contributed by atoms with Gasteiger partial charge in [0.25, 0.3) is 0 Å². The molecule has 1 atom stereocenters. The molecular weight excluding hydrogens is 348 g/mol. The Bertz CT molecular complexity index is 940. The molecule has 0 saturated carbocycles. The molecule has 1 aromatic carbocycles. The number of imidazole rings is 1. The maximum atomic E-state index is 12.4. The zero-order valence-electron chi connectivity index (χ0n) is 15.3. The molecule has 0 aliphatic heterocycles. The van der Waals surface area contributed by atoms with E-state index >= 15 is 0 Å². The Morgan fingerprint density at radius 1 is 1.19 bits per heavy atom. The number of rotatable bonds is 7. The lowest BCUT2D eigenvalue weighted by molar-refractivity contribution is -0.121. The van der Waals surface area contributed by atoms with Crippen molar-refractivity contribution in [3.8, 4) is 0 Å². The third-order valence-electron chi connectivity index (χ3n) is 4.60. The van der Waals surface area contributed by atoms with Crippen LogP contribution in [-0.2, 0) is 18.4 Å². The lowest BCUT2D eigenvalue weighted by Crippen LogP contribution is -2.35. The molecule has 0 spiro atoms. The van der Waals surface area contributed by atoms with Gasteiger partial charge in [-0.2, -0.15) is 0 Å².